The fraction of sp³-hybridized carbons (Fsp3) is 0.667. The molecule has 2 aromatic rings. The number of piperidine rings is 1. The highest BCUT2D eigenvalue weighted by Crippen LogP contribution is 2.26. The first-order valence-electron chi connectivity index (χ1n) is 8.47. The van der Waals surface area contributed by atoms with Crippen molar-refractivity contribution in [2.24, 2.45) is 0 Å². The molecule has 1 aliphatic heterocycles. The van der Waals surface area contributed by atoms with Crippen LogP contribution in [0.1, 0.15) is 37.4 Å². The monoisotopic (exact) mass is 349 g/mol. The summed E-state index contributed by atoms with van der Waals surface area (Å²) in [6.45, 7) is 4.45. The van der Waals surface area contributed by atoms with E-state index < -0.39 is 0 Å². The number of amides is 2. The first kappa shape index (κ1) is 17.3. The van der Waals surface area contributed by atoms with Gasteiger partial charge in [-0.05, 0) is 19.8 Å². The summed E-state index contributed by atoms with van der Waals surface area (Å²) in [5.41, 5.74) is 0. The van der Waals surface area contributed by atoms with Crippen LogP contribution in [0.5, 0.6) is 0 Å². The van der Waals surface area contributed by atoms with Crippen molar-refractivity contribution in [3.8, 4) is 0 Å². The van der Waals surface area contributed by atoms with Crippen molar-refractivity contribution in [1.29, 1.82) is 0 Å². The van der Waals surface area contributed by atoms with E-state index in [-0.39, 0.29) is 11.9 Å². The maximum atomic E-state index is 12.4. The second-order valence-electron chi connectivity index (χ2n) is 5.97. The minimum Gasteiger partial charge on any atom is -0.384 e. The topological polar surface area (TPSA) is 111 Å². The molecule has 25 heavy (non-hydrogen) atoms. The molecule has 136 valence electrons. The van der Waals surface area contributed by atoms with Crippen LogP contribution < -0.4 is 5.32 Å². The number of nitrogens with one attached hydrogen (secondary N) is 1. The fourth-order valence-corrected chi connectivity index (χ4v) is 2.79. The highest BCUT2D eigenvalue weighted by molar-refractivity contribution is 5.88. The first-order valence-corrected chi connectivity index (χ1v) is 8.47. The normalized spacial score (nSPS) is 17.7. The Kier molecular flexibility index (Phi) is 5.59. The lowest BCUT2D eigenvalue weighted by atomic mass is 9.98. The molecule has 1 atom stereocenters. The highest BCUT2D eigenvalue weighted by atomic mass is 16.5. The molecule has 0 aromatic carbocycles. The number of nitrogens with zero attached hydrogens (tertiary/aromatic N) is 6. The van der Waals surface area contributed by atoms with E-state index in [1.807, 2.05) is 6.92 Å². The number of likely N-dealkylation sites (tertiary alicyclic amines) is 1. The molecule has 1 saturated heterocycles. The summed E-state index contributed by atoms with van der Waals surface area (Å²) in [7, 11) is 1.64. The van der Waals surface area contributed by atoms with Crippen LogP contribution in [0.3, 0.4) is 0 Å². The molecule has 0 saturated carbocycles. The molecule has 3 heterocycles. The average molecular weight is 349 g/mol. The number of hydrogen-bond donors (Lipinski definition) is 1. The molecule has 1 aliphatic rings. The van der Waals surface area contributed by atoms with Gasteiger partial charge in [0.05, 0.1) is 18.7 Å². The van der Waals surface area contributed by atoms with Crippen LogP contribution in [0.25, 0.3) is 0 Å². The maximum Gasteiger partial charge on any atom is 0.323 e. The van der Waals surface area contributed by atoms with Crippen LogP contribution in [0.4, 0.5) is 10.6 Å². The van der Waals surface area contributed by atoms with Crippen molar-refractivity contribution in [3.63, 3.8) is 0 Å². The lowest BCUT2D eigenvalue weighted by molar-refractivity contribution is 0.183. The van der Waals surface area contributed by atoms with Gasteiger partial charge in [0, 0.05) is 33.2 Å². The Morgan fingerprint density at radius 2 is 2.40 bits per heavy atom. The van der Waals surface area contributed by atoms with Gasteiger partial charge in [0.15, 0.2) is 11.6 Å². The van der Waals surface area contributed by atoms with Crippen molar-refractivity contribution in [2.45, 2.75) is 38.6 Å². The Hall–Kier alpha value is -2.49. The Morgan fingerprint density at radius 3 is 3.16 bits per heavy atom. The zero-order valence-electron chi connectivity index (χ0n) is 14.5. The smallest absolute Gasteiger partial charge is 0.323 e. The molecule has 2 amide bonds. The molecule has 0 spiro atoms. The summed E-state index contributed by atoms with van der Waals surface area (Å²) in [6.07, 6.45) is 4.13. The SMILES string of the molecule is CCn1cc(NC(=O)N2CCCC(c3nc(CCOC)no3)C2)nn1. The van der Waals surface area contributed by atoms with Crippen LogP contribution in [-0.4, -0.2) is 62.9 Å². The largest absolute Gasteiger partial charge is 0.384 e. The van der Waals surface area contributed by atoms with E-state index in [4.69, 9.17) is 9.26 Å². The number of aromatic nitrogens is 5. The number of carbonyl (C=O) groups excluding carboxylic acids is 1. The second-order valence-corrected chi connectivity index (χ2v) is 5.97. The molecule has 0 radical (unpaired) electrons. The third kappa shape index (κ3) is 4.32. The quantitative estimate of drug-likeness (QED) is 0.836. The molecule has 10 heteroatoms. The molecule has 0 aliphatic carbocycles. The van der Waals surface area contributed by atoms with Crippen molar-refractivity contribution < 1.29 is 14.1 Å². The Morgan fingerprint density at radius 1 is 1.52 bits per heavy atom. The number of methoxy groups -OCH3 is 1. The van der Waals surface area contributed by atoms with E-state index in [0.717, 1.165) is 12.8 Å². The van der Waals surface area contributed by atoms with Crippen LogP contribution in [0.2, 0.25) is 0 Å². The minimum absolute atomic E-state index is 0.0506. The molecule has 10 nitrogen and oxygen atoms in total. The van der Waals surface area contributed by atoms with E-state index in [2.05, 4.69) is 25.8 Å². The summed E-state index contributed by atoms with van der Waals surface area (Å²) >= 11 is 0. The van der Waals surface area contributed by atoms with Gasteiger partial charge in [-0.25, -0.2) is 4.79 Å². The van der Waals surface area contributed by atoms with Crippen molar-refractivity contribution in [2.75, 3.05) is 32.1 Å². The lowest BCUT2D eigenvalue weighted by Crippen LogP contribution is -2.41. The third-order valence-corrected chi connectivity index (χ3v) is 4.17. The van der Waals surface area contributed by atoms with Crippen LogP contribution in [-0.2, 0) is 17.7 Å². The molecule has 0 bridgehead atoms. The minimum atomic E-state index is -0.188. The molecule has 1 N–H and O–H groups in total. The second kappa shape index (κ2) is 8.06. The van der Waals surface area contributed by atoms with Crippen LogP contribution in [0, 0.1) is 0 Å². The summed E-state index contributed by atoms with van der Waals surface area (Å²) in [5.74, 6) is 1.72. The lowest BCUT2D eigenvalue weighted by Gasteiger charge is -2.30. The van der Waals surface area contributed by atoms with Crippen molar-refractivity contribution in [1.82, 2.24) is 30.0 Å². The maximum absolute atomic E-state index is 12.4. The predicted octanol–water partition coefficient (Wildman–Crippen LogP) is 1.28. The molecular weight excluding hydrogens is 326 g/mol. The number of hydrogen-bond acceptors (Lipinski definition) is 7. The zero-order chi connectivity index (χ0) is 17.6. The average Bonchev–Trinajstić information content (AvgIpc) is 3.29. The molecule has 2 aromatic heterocycles. The van der Waals surface area contributed by atoms with Gasteiger partial charge in [-0.2, -0.15) is 4.98 Å². The van der Waals surface area contributed by atoms with E-state index in [9.17, 15) is 4.79 Å². The van der Waals surface area contributed by atoms with Crippen molar-refractivity contribution in [3.05, 3.63) is 17.9 Å². The van der Waals surface area contributed by atoms with Gasteiger partial charge in [-0.15, -0.1) is 5.10 Å². The van der Waals surface area contributed by atoms with Gasteiger partial charge < -0.3 is 14.2 Å². The number of rotatable bonds is 6. The van der Waals surface area contributed by atoms with Crippen LogP contribution >= 0.6 is 0 Å². The predicted molar refractivity (Wildman–Crippen MR) is 88.1 cm³/mol. The molecule has 1 fully saturated rings. The van der Waals surface area contributed by atoms with E-state index in [1.165, 1.54) is 0 Å². The number of anilines is 1. The Labute approximate surface area is 145 Å². The first-order chi connectivity index (χ1) is 12.2. The fourth-order valence-electron chi connectivity index (χ4n) is 2.79. The highest BCUT2D eigenvalue weighted by Gasteiger charge is 2.28. The third-order valence-electron chi connectivity index (χ3n) is 4.17. The Balaban J connectivity index is 1.58. The van der Waals surface area contributed by atoms with Crippen molar-refractivity contribution >= 4 is 11.8 Å². The van der Waals surface area contributed by atoms with Gasteiger partial charge in [-0.3, -0.25) is 10.00 Å². The van der Waals surface area contributed by atoms with Crippen LogP contribution in [0.15, 0.2) is 10.7 Å². The summed E-state index contributed by atoms with van der Waals surface area (Å²) in [4.78, 5) is 18.6. The molecule has 3 rings (SSSR count). The van der Waals surface area contributed by atoms with E-state index in [1.54, 1.807) is 22.9 Å². The molecular formula is C15H23N7O3. The van der Waals surface area contributed by atoms with E-state index >= 15 is 0 Å². The van der Waals surface area contributed by atoms with Gasteiger partial charge in [0.25, 0.3) is 0 Å². The van der Waals surface area contributed by atoms with Gasteiger partial charge in [0.1, 0.15) is 0 Å². The van der Waals surface area contributed by atoms with E-state index in [0.29, 0.717) is 50.2 Å². The van der Waals surface area contributed by atoms with Gasteiger partial charge >= 0.3 is 6.03 Å². The number of carbonyl (C=O) groups is 1. The van der Waals surface area contributed by atoms with Gasteiger partial charge in [-0.1, -0.05) is 10.4 Å². The van der Waals surface area contributed by atoms with Gasteiger partial charge in [0.2, 0.25) is 5.89 Å². The number of ether oxygens (including phenoxy) is 1. The number of aryl methyl sites for hydroxylation is 1. The summed E-state index contributed by atoms with van der Waals surface area (Å²) in [5, 5.41) is 14.6. The Bertz CT molecular complexity index is 699. The molecule has 1 unspecified atom stereocenters. The standard InChI is InChI=1S/C15H23N7O3/c1-3-22-10-13(18-20-22)17-15(23)21-7-4-5-11(9-21)14-16-12(19-25-14)6-8-24-2/h10-11H,3-9H2,1-2H3,(H,17,23). The summed E-state index contributed by atoms with van der Waals surface area (Å²) in [6, 6.07) is -0.188. The zero-order valence-corrected chi connectivity index (χ0v) is 14.5. The number of urea groups is 1. The summed E-state index contributed by atoms with van der Waals surface area (Å²) < 4.78 is 12.0.